The number of amides is 1. The van der Waals surface area contributed by atoms with Gasteiger partial charge in [0.15, 0.2) is 24.4 Å². The third-order valence-electron chi connectivity index (χ3n) is 3.53. The Hall–Kier alpha value is -1.60. The largest absolute Gasteiger partial charge is 0.493 e. The van der Waals surface area contributed by atoms with Crippen molar-refractivity contribution in [3.63, 3.8) is 0 Å². The molecule has 2 rings (SSSR count). The lowest BCUT2D eigenvalue weighted by Crippen LogP contribution is -2.49. The Kier molecular flexibility index (Phi) is 6.01. The maximum absolute atomic E-state index is 12.3. The predicted molar refractivity (Wildman–Crippen MR) is 88.2 cm³/mol. The fourth-order valence-electron chi connectivity index (χ4n) is 2.53. The van der Waals surface area contributed by atoms with Crippen molar-refractivity contribution in [2.75, 3.05) is 26.8 Å². The van der Waals surface area contributed by atoms with Crippen molar-refractivity contribution in [1.29, 1.82) is 0 Å². The fourth-order valence-corrected chi connectivity index (χ4v) is 2.94. The molecule has 0 spiro atoms. The van der Waals surface area contributed by atoms with Crippen LogP contribution in [0.25, 0.3) is 0 Å². The molecule has 1 aliphatic heterocycles. The van der Waals surface area contributed by atoms with Crippen molar-refractivity contribution in [2.45, 2.75) is 26.1 Å². The number of carbonyl (C=O) groups excluding carboxylic acids is 2. The summed E-state index contributed by atoms with van der Waals surface area (Å²) in [5, 5.41) is 0. The zero-order chi connectivity index (χ0) is 17.0. The summed E-state index contributed by atoms with van der Waals surface area (Å²) in [6, 6.07) is 3.19. The summed E-state index contributed by atoms with van der Waals surface area (Å²) >= 11 is 3.28. The normalized spacial score (nSPS) is 21.0. The van der Waals surface area contributed by atoms with Crippen LogP contribution in [0.4, 0.5) is 0 Å². The van der Waals surface area contributed by atoms with Gasteiger partial charge in [-0.1, -0.05) is 0 Å². The number of morpholine rings is 1. The Labute approximate surface area is 143 Å². The zero-order valence-corrected chi connectivity index (χ0v) is 15.0. The first-order chi connectivity index (χ1) is 10.9. The maximum atomic E-state index is 12.3. The summed E-state index contributed by atoms with van der Waals surface area (Å²) < 4.78 is 17.0. The monoisotopic (exact) mass is 385 g/mol. The lowest BCUT2D eigenvalue weighted by molar-refractivity contribution is -0.145. The van der Waals surface area contributed by atoms with Crippen LogP contribution in [0, 0.1) is 0 Å². The molecule has 1 heterocycles. The van der Waals surface area contributed by atoms with Gasteiger partial charge in [0.2, 0.25) is 0 Å². The smallest absolute Gasteiger partial charge is 0.260 e. The molecular weight excluding hydrogens is 366 g/mol. The molecule has 0 radical (unpaired) electrons. The molecule has 126 valence electrons. The lowest BCUT2D eigenvalue weighted by Gasteiger charge is -2.35. The van der Waals surface area contributed by atoms with Gasteiger partial charge in [-0.2, -0.15) is 0 Å². The highest BCUT2D eigenvalue weighted by molar-refractivity contribution is 9.10. The molecule has 1 amide bonds. The number of aldehydes is 1. The van der Waals surface area contributed by atoms with Crippen LogP contribution in [0.5, 0.6) is 11.5 Å². The van der Waals surface area contributed by atoms with E-state index in [2.05, 4.69) is 15.9 Å². The highest BCUT2D eigenvalue weighted by atomic mass is 79.9. The van der Waals surface area contributed by atoms with E-state index in [0.29, 0.717) is 40.9 Å². The molecule has 1 aromatic carbocycles. The van der Waals surface area contributed by atoms with Gasteiger partial charge in [0.25, 0.3) is 5.91 Å². The maximum Gasteiger partial charge on any atom is 0.260 e. The Morgan fingerprint density at radius 3 is 2.57 bits per heavy atom. The number of carbonyl (C=O) groups is 2. The van der Waals surface area contributed by atoms with Gasteiger partial charge in [-0.25, -0.2) is 0 Å². The first kappa shape index (κ1) is 17.7. The summed E-state index contributed by atoms with van der Waals surface area (Å²) in [6.07, 6.45) is 0.724. The van der Waals surface area contributed by atoms with E-state index in [1.165, 1.54) is 7.11 Å². The van der Waals surface area contributed by atoms with Crippen LogP contribution in [0.3, 0.4) is 0 Å². The Balaban J connectivity index is 2.05. The molecule has 0 aliphatic carbocycles. The molecule has 0 N–H and O–H groups in total. The Morgan fingerprint density at radius 1 is 1.35 bits per heavy atom. The van der Waals surface area contributed by atoms with E-state index < -0.39 is 0 Å². The highest BCUT2D eigenvalue weighted by Crippen LogP contribution is 2.32. The molecular formula is C16H20BrNO5. The number of rotatable bonds is 5. The average molecular weight is 386 g/mol. The van der Waals surface area contributed by atoms with Gasteiger partial charge in [-0.3, -0.25) is 9.59 Å². The lowest BCUT2D eigenvalue weighted by atomic mass is 10.2. The van der Waals surface area contributed by atoms with Crippen molar-refractivity contribution >= 4 is 28.1 Å². The number of nitrogens with zero attached hydrogens (tertiary/aromatic N) is 1. The van der Waals surface area contributed by atoms with E-state index in [1.54, 1.807) is 17.0 Å². The van der Waals surface area contributed by atoms with Crippen LogP contribution < -0.4 is 9.47 Å². The Bertz CT molecular complexity index is 582. The van der Waals surface area contributed by atoms with Crippen LogP contribution in [0.1, 0.15) is 24.2 Å². The van der Waals surface area contributed by atoms with Gasteiger partial charge < -0.3 is 19.1 Å². The minimum Gasteiger partial charge on any atom is -0.493 e. The third-order valence-corrected chi connectivity index (χ3v) is 4.22. The predicted octanol–water partition coefficient (Wildman–Crippen LogP) is 2.28. The van der Waals surface area contributed by atoms with Crippen LogP contribution in [0.15, 0.2) is 16.6 Å². The molecule has 2 atom stereocenters. The number of halogens is 1. The zero-order valence-electron chi connectivity index (χ0n) is 13.4. The quantitative estimate of drug-likeness (QED) is 0.727. The second kappa shape index (κ2) is 7.79. The van der Waals surface area contributed by atoms with Gasteiger partial charge in [0, 0.05) is 23.1 Å². The van der Waals surface area contributed by atoms with Crippen LogP contribution in [0.2, 0.25) is 0 Å². The first-order valence-corrected chi connectivity index (χ1v) is 8.12. The minimum atomic E-state index is -0.121. The van der Waals surface area contributed by atoms with Gasteiger partial charge in [0.05, 0.1) is 19.3 Å². The molecule has 0 aromatic heterocycles. The SMILES string of the molecule is COc1cc(Br)c(C=O)cc1OCC(=O)N1C[C@@H](C)O[C@@H](C)C1. The standard InChI is InChI=1S/C16H20BrNO5/c1-10-6-18(7-11(2)23-10)16(20)9-22-15-4-12(8-19)13(17)5-14(15)21-3/h4-5,8,10-11H,6-7,9H2,1-3H3/t10-,11+. The van der Waals surface area contributed by atoms with E-state index >= 15 is 0 Å². The first-order valence-electron chi connectivity index (χ1n) is 7.33. The molecule has 7 heteroatoms. The van der Waals surface area contributed by atoms with E-state index in [0.717, 1.165) is 0 Å². The van der Waals surface area contributed by atoms with Crippen molar-refractivity contribution in [3.05, 3.63) is 22.2 Å². The van der Waals surface area contributed by atoms with Crippen LogP contribution in [-0.4, -0.2) is 56.1 Å². The summed E-state index contributed by atoms with van der Waals surface area (Å²) in [5.74, 6) is 0.698. The molecule has 0 bridgehead atoms. The summed E-state index contributed by atoms with van der Waals surface area (Å²) in [7, 11) is 1.50. The number of ether oxygens (including phenoxy) is 3. The number of benzene rings is 1. The third kappa shape index (κ3) is 4.45. The van der Waals surface area contributed by atoms with E-state index in [1.807, 2.05) is 13.8 Å². The van der Waals surface area contributed by atoms with E-state index in [9.17, 15) is 9.59 Å². The van der Waals surface area contributed by atoms with Crippen molar-refractivity contribution in [1.82, 2.24) is 4.90 Å². The summed E-state index contributed by atoms with van der Waals surface area (Å²) in [4.78, 5) is 25.1. The van der Waals surface area contributed by atoms with Crippen LogP contribution in [-0.2, 0) is 9.53 Å². The molecule has 0 unspecified atom stereocenters. The second-order valence-corrected chi connectivity index (χ2v) is 6.34. The Morgan fingerprint density at radius 2 is 2.00 bits per heavy atom. The minimum absolute atomic E-state index is 0.00610. The number of hydrogen-bond acceptors (Lipinski definition) is 5. The molecule has 1 aliphatic rings. The molecule has 1 aromatic rings. The van der Waals surface area contributed by atoms with E-state index in [4.69, 9.17) is 14.2 Å². The van der Waals surface area contributed by atoms with E-state index in [-0.39, 0.29) is 24.7 Å². The van der Waals surface area contributed by atoms with Crippen molar-refractivity contribution in [2.24, 2.45) is 0 Å². The van der Waals surface area contributed by atoms with Gasteiger partial charge >= 0.3 is 0 Å². The molecule has 1 fully saturated rings. The number of hydrogen-bond donors (Lipinski definition) is 0. The van der Waals surface area contributed by atoms with Crippen LogP contribution >= 0.6 is 15.9 Å². The topological polar surface area (TPSA) is 65.1 Å². The molecule has 0 saturated carbocycles. The average Bonchev–Trinajstić information content (AvgIpc) is 2.51. The molecule has 1 saturated heterocycles. The van der Waals surface area contributed by atoms with Gasteiger partial charge in [-0.05, 0) is 41.9 Å². The molecule has 6 nitrogen and oxygen atoms in total. The van der Waals surface area contributed by atoms with Gasteiger partial charge in [-0.15, -0.1) is 0 Å². The molecule has 23 heavy (non-hydrogen) atoms. The number of methoxy groups -OCH3 is 1. The van der Waals surface area contributed by atoms with Gasteiger partial charge in [0.1, 0.15) is 0 Å². The summed E-state index contributed by atoms with van der Waals surface area (Å²) in [6.45, 7) is 4.85. The highest BCUT2D eigenvalue weighted by Gasteiger charge is 2.26. The second-order valence-electron chi connectivity index (χ2n) is 5.49. The fraction of sp³-hybridized carbons (Fsp3) is 0.500. The van der Waals surface area contributed by atoms with Crippen molar-refractivity contribution < 1.29 is 23.8 Å². The van der Waals surface area contributed by atoms with Crippen molar-refractivity contribution in [3.8, 4) is 11.5 Å². The summed E-state index contributed by atoms with van der Waals surface area (Å²) in [5.41, 5.74) is 0.432.